The van der Waals surface area contributed by atoms with Crippen molar-refractivity contribution in [3.63, 3.8) is 0 Å². The average molecular weight is 235 g/mol. The van der Waals surface area contributed by atoms with Gasteiger partial charge in [-0.25, -0.2) is 0 Å². The predicted octanol–water partition coefficient (Wildman–Crippen LogP) is 2.05. The van der Waals surface area contributed by atoms with Gasteiger partial charge in [-0.1, -0.05) is 24.6 Å². The number of aliphatic hydroxyl groups is 1. The fourth-order valence-electron chi connectivity index (χ4n) is 1.75. The van der Waals surface area contributed by atoms with E-state index in [4.69, 9.17) is 5.11 Å². The zero-order valence-electron chi connectivity index (χ0n) is 10.8. The highest BCUT2D eigenvalue weighted by molar-refractivity contribution is 5.95. The Morgan fingerprint density at radius 1 is 1.41 bits per heavy atom. The van der Waals surface area contributed by atoms with Crippen LogP contribution in [0.2, 0.25) is 0 Å². The molecule has 1 unspecified atom stereocenters. The van der Waals surface area contributed by atoms with Crippen LogP contribution in [0, 0.1) is 19.8 Å². The normalized spacial score (nSPS) is 12.2. The van der Waals surface area contributed by atoms with Gasteiger partial charge in [0.05, 0.1) is 0 Å². The first-order chi connectivity index (χ1) is 8.04. The first-order valence-corrected chi connectivity index (χ1v) is 6.01. The van der Waals surface area contributed by atoms with Crippen LogP contribution >= 0.6 is 0 Å². The van der Waals surface area contributed by atoms with E-state index >= 15 is 0 Å². The van der Waals surface area contributed by atoms with Gasteiger partial charge in [0.1, 0.15) is 0 Å². The molecule has 1 aromatic rings. The van der Waals surface area contributed by atoms with Crippen LogP contribution in [0.15, 0.2) is 18.2 Å². The van der Waals surface area contributed by atoms with Crippen LogP contribution in [0.25, 0.3) is 0 Å². The van der Waals surface area contributed by atoms with Crippen molar-refractivity contribution in [2.45, 2.75) is 27.2 Å². The van der Waals surface area contributed by atoms with Crippen molar-refractivity contribution in [1.29, 1.82) is 0 Å². The Bertz CT molecular complexity index is 388. The molecule has 3 heteroatoms. The fraction of sp³-hybridized carbons (Fsp3) is 0.500. The Morgan fingerprint density at radius 3 is 2.71 bits per heavy atom. The molecule has 1 amide bonds. The quantitative estimate of drug-likeness (QED) is 0.820. The Labute approximate surface area is 103 Å². The number of aryl methyl sites for hydroxylation is 2. The van der Waals surface area contributed by atoms with E-state index in [1.807, 2.05) is 39.0 Å². The molecule has 3 nitrogen and oxygen atoms in total. The van der Waals surface area contributed by atoms with Crippen LogP contribution in [0.3, 0.4) is 0 Å². The highest BCUT2D eigenvalue weighted by Crippen LogP contribution is 2.10. The molecule has 0 saturated heterocycles. The van der Waals surface area contributed by atoms with Gasteiger partial charge in [-0.05, 0) is 37.8 Å². The largest absolute Gasteiger partial charge is 0.396 e. The molecular formula is C14H21NO2. The number of aliphatic hydroxyl groups excluding tert-OH is 1. The molecular weight excluding hydrogens is 214 g/mol. The van der Waals surface area contributed by atoms with E-state index in [1.54, 1.807) is 0 Å². The highest BCUT2D eigenvalue weighted by Gasteiger charge is 2.09. The second-order valence-electron chi connectivity index (χ2n) is 4.65. The van der Waals surface area contributed by atoms with Crippen LogP contribution in [0.5, 0.6) is 0 Å². The second kappa shape index (κ2) is 6.40. The number of nitrogens with one attached hydrogen (secondary N) is 1. The minimum absolute atomic E-state index is 0.0349. The monoisotopic (exact) mass is 235 g/mol. The molecule has 1 aromatic carbocycles. The molecule has 2 N–H and O–H groups in total. The van der Waals surface area contributed by atoms with E-state index < -0.39 is 0 Å². The number of amides is 1. The third kappa shape index (κ3) is 4.19. The molecule has 94 valence electrons. The molecule has 0 aliphatic rings. The summed E-state index contributed by atoms with van der Waals surface area (Å²) in [6, 6.07) is 5.81. The van der Waals surface area contributed by atoms with Crippen molar-refractivity contribution in [1.82, 2.24) is 5.32 Å². The Balaban J connectivity index is 2.58. The van der Waals surface area contributed by atoms with Gasteiger partial charge >= 0.3 is 0 Å². The van der Waals surface area contributed by atoms with Crippen LogP contribution in [-0.2, 0) is 0 Å². The minimum Gasteiger partial charge on any atom is -0.396 e. The van der Waals surface area contributed by atoms with Crippen molar-refractivity contribution in [3.05, 3.63) is 34.9 Å². The Morgan fingerprint density at radius 2 is 2.12 bits per heavy atom. The van der Waals surface area contributed by atoms with Crippen molar-refractivity contribution in [3.8, 4) is 0 Å². The number of rotatable bonds is 5. The topological polar surface area (TPSA) is 49.3 Å². The molecule has 0 heterocycles. The van der Waals surface area contributed by atoms with Crippen LogP contribution in [-0.4, -0.2) is 24.2 Å². The molecule has 0 saturated carbocycles. The summed E-state index contributed by atoms with van der Waals surface area (Å²) in [6.07, 6.45) is 0.715. The standard InChI is InChI=1S/C14H21NO2/c1-10-4-5-13(12(3)8-10)14(17)15-9-11(2)6-7-16/h4-5,8,11,16H,6-7,9H2,1-3H3,(H,15,17). The number of benzene rings is 1. The van der Waals surface area contributed by atoms with E-state index in [9.17, 15) is 4.79 Å². The van der Waals surface area contributed by atoms with E-state index in [-0.39, 0.29) is 12.5 Å². The lowest BCUT2D eigenvalue weighted by Gasteiger charge is -2.12. The molecule has 0 aliphatic heterocycles. The van der Waals surface area contributed by atoms with E-state index in [2.05, 4.69) is 5.32 Å². The third-order valence-electron chi connectivity index (χ3n) is 2.86. The number of carbonyl (C=O) groups excluding carboxylic acids is 1. The van der Waals surface area contributed by atoms with Gasteiger partial charge in [0, 0.05) is 18.7 Å². The number of hydrogen-bond donors (Lipinski definition) is 2. The average Bonchev–Trinajstić information content (AvgIpc) is 2.26. The number of hydrogen-bond acceptors (Lipinski definition) is 2. The van der Waals surface area contributed by atoms with Crippen molar-refractivity contribution in [2.24, 2.45) is 5.92 Å². The molecule has 17 heavy (non-hydrogen) atoms. The summed E-state index contributed by atoms with van der Waals surface area (Å²) in [5.41, 5.74) is 2.89. The first-order valence-electron chi connectivity index (χ1n) is 6.01. The van der Waals surface area contributed by atoms with E-state index in [0.29, 0.717) is 18.9 Å². The van der Waals surface area contributed by atoms with Crippen LogP contribution in [0.4, 0.5) is 0 Å². The van der Waals surface area contributed by atoms with Gasteiger partial charge in [0.25, 0.3) is 5.91 Å². The molecule has 0 aromatic heterocycles. The SMILES string of the molecule is Cc1ccc(C(=O)NCC(C)CCO)c(C)c1. The molecule has 0 fully saturated rings. The van der Waals surface area contributed by atoms with Crippen LogP contribution in [0.1, 0.15) is 34.8 Å². The maximum atomic E-state index is 11.9. The molecule has 1 rings (SSSR count). The van der Waals surface area contributed by atoms with Gasteiger partial charge < -0.3 is 10.4 Å². The maximum Gasteiger partial charge on any atom is 0.251 e. The first kappa shape index (κ1) is 13.7. The predicted molar refractivity (Wildman–Crippen MR) is 69.1 cm³/mol. The van der Waals surface area contributed by atoms with Gasteiger partial charge in [-0.15, -0.1) is 0 Å². The summed E-state index contributed by atoms with van der Waals surface area (Å²) in [4.78, 5) is 11.9. The Hall–Kier alpha value is -1.35. The summed E-state index contributed by atoms with van der Waals surface area (Å²) in [6.45, 7) is 6.74. The third-order valence-corrected chi connectivity index (χ3v) is 2.86. The highest BCUT2D eigenvalue weighted by atomic mass is 16.3. The van der Waals surface area contributed by atoms with Crippen LogP contribution < -0.4 is 5.32 Å². The van der Waals surface area contributed by atoms with E-state index in [0.717, 1.165) is 16.7 Å². The zero-order valence-corrected chi connectivity index (χ0v) is 10.8. The van der Waals surface area contributed by atoms with Gasteiger partial charge in [0.15, 0.2) is 0 Å². The van der Waals surface area contributed by atoms with Crippen molar-refractivity contribution < 1.29 is 9.90 Å². The van der Waals surface area contributed by atoms with Gasteiger partial charge in [-0.2, -0.15) is 0 Å². The number of carbonyl (C=O) groups is 1. The lowest BCUT2D eigenvalue weighted by atomic mass is 10.0. The molecule has 1 atom stereocenters. The minimum atomic E-state index is -0.0349. The van der Waals surface area contributed by atoms with Gasteiger partial charge in [-0.3, -0.25) is 4.79 Å². The fourth-order valence-corrected chi connectivity index (χ4v) is 1.75. The van der Waals surface area contributed by atoms with Gasteiger partial charge in [0.2, 0.25) is 0 Å². The lowest BCUT2D eigenvalue weighted by Crippen LogP contribution is -2.29. The summed E-state index contributed by atoms with van der Waals surface area (Å²) in [5.74, 6) is 0.266. The summed E-state index contributed by atoms with van der Waals surface area (Å²) in [7, 11) is 0. The summed E-state index contributed by atoms with van der Waals surface area (Å²) >= 11 is 0. The van der Waals surface area contributed by atoms with Crippen molar-refractivity contribution in [2.75, 3.05) is 13.2 Å². The zero-order chi connectivity index (χ0) is 12.8. The molecule has 0 aliphatic carbocycles. The molecule has 0 radical (unpaired) electrons. The summed E-state index contributed by atoms with van der Waals surface area (Å²) in [5, 5.41) is 11.7. The second-order valence-corrected chi connectivity index (χ2v) is 4.65. The van der Waals surface area contributed by atoms with Crippen molar-refractivity contribution >= 4 is 5.91 Å². The smallest absolute Gasteiger partial charge is 0.251 e. The molecule has 0 spiro atoms. The Kier molecular flexibility index (Phi) is 5.16. The van der Waals surface area contributed by atoms with E-state index in [1.165, 1.54) is 0 Å². The maximum absolute atomic E-state index is 11.9. The molecule has 0 bridgehead atoms. The summed E-state index contributed by atoms with van der Waals surface area (Å²) < 4.78 is 0. The lowest BCUT2D eigenvalue weighted by molar-refractivity contribution is 0.0945.